The summed E-state index contributed by atoms with van der Waals surface area (Å²) in [5.41, 5.74) is 1.67. The third-order valence-corrected chi connectivity index (χ3v) is 3.64. The third kappa shape index (κ3) is 3.44. The highest BCUT2D eigenvalue weighted by Gasteiger charge is 2.00. The minimum Gasteiger partial charge on any atom is -0.295 e. The molecule has 0 aliphatic rings. The Hall–Kier alpha value is -1.61. The van der Waals surface area contributed by atoms with E-state index >= 15 is 0 Å². The van der Waals surface area contributed by atoms with Crippen LogP contribution in [0.25, 0.3) is 0 Å². The van der Waals surface area contributed by atoms with Crippen LogP contribution in [-0.4, -0.2) is 5.78 Å². The van der Waals surface area contributed by atoms with Gasteiger partial charge in [0, 0.05) is 16.2 Å². The van der Waals surface area contributed by atoms with Crippen molar-refractivity contribution in [2.24, 2.45) is 0 Å². The van der Waals surface area contributed by atoms with Crippen molar-refractivity contribution in [3.63, 3.8) is 0 Å². The predicted molar refractivity (Wildman–Crippen MR) is 72.4 cm³/mol. The molecule has 18 heavy (non-hydrogen) atoms. The quantitative estimate of drug-likeness (QED) is 0.601. The van der Waals surface area contributed by atoms with Gasteiger partial charge in [-0.1, -0.05) is 24.3 Å². The van der Waals surface area contributed by atoms with Crippen LogP contribution < -0.4 is 0 Å². The lowest BCUT2D eigenvalue weighted by Gasteiger charge is -2.03. The van der Waals surface area contributed by atoms with Crippen molar-refractivity contribution in [3.8, 4) is 0 Å². The molecule has 0 atom stereocenters. The van der Waals surface area contributed by atoms with Crippen LogP contribution in [0.1, 0.15) is 22.8 Å². The van der Waals surface area contributed by atoms with E-state index in [9.17, 15) is 9.18 Å². The first-order valence-corrected chi connectivity index (χ1v) is 6.62. The van der Waals surface area contributed by atoms with Crippen LogP contribution in [0.2, 0.25) is 0 Å². The molecule has 2 rings (SSSR count). The topological polar surface area (TPSA) is 17.1 Å². The average Bonchev–Trinajstić information content (AvgIpc) is 2.37. The summed E-state index contributed by atoms with van der Waals surface area (Å²) in [4.78, 5) is 12.2. The number of ketones is 1. The number of halogens is 1. The summed E-state index contributed by atoms with van der Waals surface area (Å²) in [5, 5.41) is 0. The van der Waals surface area contributed by atoms with Crippen LogP contribution in [0.3, 0.4) is 0 Å². The Balaban J connectivity index is 2.00. The van der Waals surface area contributed by atoms with Crippen molar-refractivity contribution < 1.29 is 9.18 Å². The van der Waals surface area contributed by atoms with Gasteiger partial charge in [0.15, 0.2) is 5.78 Å². The maximum atomic E-state index is 13.0. The molecule has 0 bridgehead atoms. The van der Waals surface area contributed by atoms with E-state index in [-0.39, 0.29) is 11.6 Å². The van der Waals surface area contributed by atoms with Gasteiger partial charge in [-0.15, -0.1) is 11.8 Å². The smallest absolute Gasteiger partial charge is 0.159 e. The van der Waals surface area contributed by atoms with E-state index in [0.717, 1.165) is 16.2 Å². The average molecular weight is 260 g/mol. The van der Waals surface area contributed by atoms with E-state index in [0.29, 0.717) is 5.56 Å². The van der Waals surface area contributed by atoms with Crippen LogP contribution in [0, 0.1) is 5.82 Å². The second kappa shape index (κ2) is 5.83. The number of carbonyl (C=O) groups excluding carboxylic acids is 1. The van der Waals surface area contributed by atoms with Gasteiger partial charge in [-0.2, -0.15) is 0 Å². The predicted octanol–water partition coefficient (Wildman–Crippen LogP) is 4.32. The van der Waals surface area contributed by atoms with Crippen LogP contribution in [-0.2, 0) is 5.75 Å². The molecule has 0 spiro atoms. The summed E-state index contributed by atoms with van der Waals surface area (Å²) in [5.74, 6) is 0.577. The molecule has 2 aromatic rings. The molecule has 0 fully saturated rings. The molecule has 0 saturated carbocycles. The summed E-state index contributed by atoms with van der Waals surface area (Å²) in [6, 6.07) is 14.1. The summed E-state index contributed by atoms with van der Waals surface area (Å²) >= 11 is 1.62. The monoisotopic (exact) mass is 260 g/mol. The van der Waals surface area contributed by atoms with E-state index in [1.54, 1.807) is 24.8 Å². The number of thioether (sulfide) groups is 1. The Bertz CT molecular complexity index is 549. The summed E-state index contributed by atoms with van der Waals surface area (Å²) in [6.45, 7) is 1.55. The van der Waals surface area contributed by atoms with Gasteiger partial charge in [-0.3, -0.25) is 4.79 Å². The van der Waals surface area contributed by atoms with Gasteiger partial charge in [0.1, 0.15) is 5.82 Å². The van der Waals surface area contributed by atoms with E-state index in [4.69, 9.17) is 0 Å². The van der Waals surface area contributed by atoms with Gasteiger partial charge in [-0.05, 0) is 36.8 Å². The van der Waals surface area contributed by atoms with Gasteiger partial charge in [-0.25, -0.2) is 4.39 Å². The van der Waals surface area contributed by atoms with Gasteiger partial charge >= 0.3 is 0 Å². The lowest BCUT2D eigenvalue weighted by Crippen LogP contribution is -1.90. The van der Waals surface area contributed by atoms with Crippen molar-refractivity contribution in [2.75, 3.05) is 0 Å². The molecule has 0 amide bonds. The zero-order valence-electron chi connectivity index (χ0n) is 10.0. The SMILES string of the molecule is CC(=O)c1ccc(SCc2cccc(F)c2)cc1. The number of hydrogen-bond donors (Lipinski definition) is 0. The molecule has 3 heteroatoms. The first-order chi connectivity index (χ1) is 8.65. The standard InChI is InChI=1S/C15H13FOS/c1-11(17)13-5-7-15(8-6-13)18-10-12-3-2-4-14(16)9-12/h2-9H,10H2,1H3. The van der Waals surface area contributed by atoms with E-state index < -0.39 is 0 Å². The van der Waals surface area contributed by atoms with Crippen LogP contribution in [0.5, 0.6) is 0 Å². The fourth-order valence-electron chi connectivity index (χ4n) is 1.58. The molecule has 0 aliphatic heterocycles. The van der Waals surface area contributed by atoms with Crippen molar-refractivity contribution >= 4 is 17.5 Å². The third-order valence-electron chi connectivity index (χ3n) is 2.56. The minimum atomic E-state index is -0.208. The first-order valence-electron chi connectivity index (χ1n) is 5.63. The summed E-state index contributed by atoms with van der Waals surface area (Å²) in [7, 11) is 0. The summed E-state index contributed by atoms with van der Waals surface area (Å²) < 4.78 is 13.0. The largest absolute Gasteiger partial charge is 0.295 e. The Morgan fingerprint density at radius 1 is 1.17 bits per heavy atom. The van der Waals surface area contributed by atoms with Crippen LogP contribution in [0.4, 0.5) is 4.39 Å². The maximum Gasteiger partial charge on any atom is 0.159 e. The van der Waals surface area contributed by atoms with Gasteiger partial charge in [0.2, 0.25) is 0 Å². The molecule has 0 unspecified atom stereocenters. The molecule has 1 nitrogen and oxygen atoms in total. The zero-order chi connectivity index (χ0) is 13.0. The number of carbonyl (C=O) groups is 1. The lowest BCUT2D eigenvalue weighted by molar-refractivity contribution is 0.101. The number of Topliss-reactive ketones (excluding diaryl/α,β-unsaturated/α-hetero) is 1. The fourth-order valence-corrected chi connectivity index (χ4v) is 2.42. The Morgan fingerprint density at radius 2 is 1.89 bits per heavy atom. The van der Waals surface area contributed by atoms with E-state index in [1.165, 1.54) is 12.1 Å². The molecule has 0 saturated heterocycles. The van der Waals surface area contributed by atoms with E-state index in [1.807, 2.05) is 30.3 Å². The van der Waals surface area contributed by atoms with Crippen molar-refractivity contribution in [2.45, 2.75) is 17.6 Å². The highest BCUT2D eigenvalue weighted by molar-refractivity contribution is 7.98. The molecule has 92 valence electrons. The maximum absolute atomic E-state index is 13.0. The highest BCUT2D eigenvalue weighted by Crippen LogP contribution is 2.23. The lowest BCUT2D eigenvalue weighted by atomic mass is 10.2. The molecule has 2 aromatic carbocycles. The zero-order valence-corrected chi connectivity index (χ0v) is 10.8. The molecule has 0 aromatic heterocycles. The highest BCUT2D eigenvalue weighted by atomic mass is 32.2. The van der Waals surface area contributed by atoms with Crippen molar-refractivity contribution in [1.82, 2.24) is 0 Å². The minimum absolute atomic E-state index is 0.0664. The molecular formula is C15H13FOS. The Kier molecular flexibility index (Phi) is 4.15. The van der Waals surface area contributed by atoms with Gasteiger partial charge in [0.05, 0.1) is 0 Å². The number of rotatable bonds is 4. The molecule has 0 N–H and O–H groups in total. The second-order valence-electron chi connectivity index (χ2n) is 4.00. The van der Waals surface area contributed by atoms with Gasteiger partial charge in [0.25, 0.3) is 0 Å². The van der Waals surface area contributed by atoms with Gasteiger partial charge < -0.3 is 0 Å². The molecular weight excluding hydrogens is 247 g/mol. The number of benzene rings is 2. The molecule has 0 heterocycles. The fraction of sp³-hybridized carbons (Fsp3) is 0.133. The van der Waals surface area contributed by atoms with Crippen LogP contribution >= 0.6 is 11.8 Å². The summed E-state index contributed by atoms with van der Waals surface area (Å²) in [6.07, 6.45) is 0. The molecule has 0 radical (unpaired) electrons. The second-order valence-corrected chi connectivity index (χ2v) is 5.05. The first kappa shape index (κ1) is 12.8. The Labute approximate surface area is 110 Å². The van der Waals surface area contributed by atoms with Crippen molar-refractivity contribution in [1.29, 1.82) is 0 Å². The van der Waals surface area contributed by atoms with Crippen LogP contribution in [0.15, 0.2) is 53.4 Å². The van der Waals surface area contributed by atoms with Crippen molar-refractivity contribution in [3.05, 3.63) is 65.5 Å². The van der Waals surface area contributed by atoms with E-state index in [2.05, 4.69) is 0 Å². The normalized spacial score (nSPS) is 10.3. The molecule has 0 aliphatic carbocycles. The Morgan fingerprint density at radius 3 is 2.50 bits per heavy atom. The number of hydrogen-bond acceptors (Lipinski definition) is 2.